The van der Waals surface area contributed by atoms with E-state index in [9.17, 15) is 0 Å². The van der Waals surface area contributed by atoms with Crippen molar-refractivity contribution in [1.29, 1.82) is 0 Å². The molecule has 0 saturated carbocycles. The van der Waals surface area contributed by atoms with E-state index in [0.717, 1.165) is 24.3 Å². The van der Waals surface area contributed by atoms with Gasteiger partial charge in [-0.25, -0.2) is 0 Å². The molecular weight excluding hydrogens is 228 g/mol. The first-order chi connectivity index (χ1) is 8.81. The quantitative estimate of drug-likeness (QED) is 0.492. The smallest absolute Gasteiger partial charge is 0.183 e. The zero-order valence-electron chi connectivity index (χ0n) is 11.6. The molecule has 3 heteroatoms. The summed E-state index contributed by atoms with van der Waals surface area (Å²) in [5.41, 5.74) is 0.993. The third-order valence-corrected chi connectivity index (χ3v) is 2.85. The minimum Gasteiger partial charge on any atom is -0.497 e. The van der Waals surface area contributed by atoms with Crippen LogP contribution in [0, 0.1) is 0 Å². The number of benzene rings is 1. The molecule has 18 heavy (non-hydrogen) atoms. The fourth-order valence-corrected chi connectivity index (χ4v) is 1.81. The highest BCUT2D eigenvalue weighted by atomic mass is 16.7. The van der Waals surface area contributed by atoms with Gasteiger partial charge in [0.15, 0.2) is 6.29 Å². The van der Waals surface area contributed by atoms with E-state index in [0.29, 0.717) is 0 Å². The van der Waals surface area contributed by atoms with Gasteiger partial charge in [-0.05, 0) is 18.6 Å². The SMILES string of the molecule is CCCCCCOC(OC)c1cccc(OC)c1. The van der Waals surface area contributed by atoms with E-state index in [1.807, 2.05) is 24.3 Å². The molecule has 1 aromatic carbocycles. The van der Waals surface area contributed by atoms with Crippen LogP contribution in [0.2, 0.25) is 0 Å². The van der Waals surface area contributed by atoms with Crippen molar-refractivity contribution in [3.05, 3.63) is 29.8 Å². The lowest BCUT2D eigenvalue weighted by Gasteiger charge is -2.17. The number of hydrogen-bond donors (Lipinski definition) is 0. The molecule has 1 aromatic rings. The number of unbranched alkanes of at least 4 members (excludes halogenated alkanes) is 3. The maximum atomic E-state index is 5.75. The van der Waals surface area contributed by atoms with Gasteiger partial charge in [-0.2, -0.15) is 0 Å². The van der Waals surface area contributed by atoms with Gasteiger partial charge in [0, 0.05) is 12.7 Å². The topological polar surface area (TPSA) is 27.7 Å². The van der Waals surface area contributed by atoms with Crippen LogP contribution in [0.5, 0.6) is 5.75 Å². The van der Waals surface area contributed by atoms with Crippen molar-refractivity contribution in [2.75, 3.05) is 20.8 Å². The summed E-state index contributed by atoms with van der Waals surface area (Å²) in [7, 11) is 3.32. The molecule has 0 heterocycles. The number of hydrogen-bond acceptors (Lipinski definition) is 3. The predicted molar refractivity (Wildman–Crippen MR) is 72.8 cm³/mol. The maximum absolute atomic E-state index is 5.75. The molecule has 102 valence electrons. The minimum atomic E-state index is -0.304. The summed E-state index contributed by atoms with van der Waals surface area (Å²) in [6.07, 6.45) is 4.49. The van der Waals surface area contributed by atoms with Gasteiger partial charge in [-0.3, -0.25) is 0 Å². The van der Waals surface area contributed by atoms with Crippen molar-refractivity contribution in [2.24, 2.45) is 0 Å². The van der Waals surface area contributed by atoms with Crippen molar-refractivity contribution in [3.63, 3.8) is 0 Å². The first kappa shape index (κ1) is 15.0. The molecule has 0 amide bonds. The van der Waals surface area contributed by atoms with Gasteiger partial charge in [-0.15, -0.1) is 0 Å². The Kier molecular flexibility index (Phi) is 7.46. The maximum Gasteiger partial charge on any atom is 0.183 e. The van der Waals surface area contributed by atoms with Crippen LogP contribution in [-0.2, 0) is 9.47 Å². The van der Waals surface area contributed by atoms with Crippen LogP contribution in [0.25, 0.3) is 0 Å². The van der Waals surface area contributed by atoms with E-state index in [2.05, 4.69) is 6.92 Å². The van der Waals surface area contributed by atoms with Gasteiger partial charge in [-0.1, -0.05) is 38.3 Å². The first-order valence-electron chi connectivity index (χ1n) is 6.60. The van der Waals surface area contributed by atoms with Crippen molar-refractivity contribution >= 4 is 0 Å². The van der Waals surface area contributed by atoms with Gasteiger partial charge >= 0.3 is 0 Å². The molecule has 0 radical (unpaired) electrons. The van der Waals surface area contributed by atoms with E-state index >= 15 is 0 Å². The standard InChI is InChI=1S/C15H24O3/c1-4-5-6-7-11-18-15(17-3)13-9-8-10-14(12-13)16-2/h8-10,12,15H,4-7,11H2,1-3H3. The largest absolute Gasteiger partial charge is 0.497 e. The Hall–Kier alpha value is -1.06. The summed E-state index contributed by atoms with van der Waals surface area (Å²) in [6.45, 7) is 2.94. The lowest BCUT2D eigenvalue weighted by atomic mass is 10.2. The van der Waals surface area contributed by atoms with Gasteiger partial charge in [0.2, 0.25) is 0 Å². The van der Waals surface area contributed by atoms with E-state index in [1.54, 1.807) is 14.2 Å². The monoisotopic (exact) mass is 252 g/mol. The van der Waals surface area contributed by atoms with Crippen molar-refractivity contribution in [2.45, 2.75) is 38.9 Å². The van der Waals surface area contributed by atoms with Crippen LogP contribution in [0.3, 0.4) is 0 Å². The molecule has 1 rings (SSSR count). The van der Waals surface area contributed by atoms with E-state index in [-0.39, 0.29) is 6.29 Å². The summed E-state index contributed by atoms with van der Waals surface area (Å²) in [6, 6.07) is 7.79. The Morgan fingerprint density at radius 1 is 1.11 bits per heavy atom. The lowest BCUT2D eigenvalue weighted by molar-refractivity contribution is -0.128. The molecule has 0 aliphatic carbocycles. The van der Waals surface area contributed by atoms with E-state index < -0.39 is 0 Å². The molecule has 0 spiro atoms. The highest BCUT2D eigenvalue weighted by Crippen LogP contribution is 2.22. The highest BCUT2D eigenvalue weighted by molar-refractivity contribution is 5.29. The zero-order chi connectivity index (χ0) is 13.2. The molecule has 0 N–H and O–H groups in total. The number of rotatable bonds is 9. The van der Waals surface area contributed by atoms with Gasteiger partial charge in [0.05, 0.1) is 13.7 Å². The Labute approximate surface area is 110 Å². The van der Waals surface area contributed by atoms with Crippen LogP contribution in [0.1, 0.15) is 44.5 Å². The Morgan fingerprint density at radius 3 is 2.61 bits per heavy atom. The van der Waals surface area contributed by atoms with E-state index in [1.165, 1.54) is 19.3 Å². The van der Waals surface area contributed by atoms with E-state index in [4.69, 9.17) is 14.2 Å². The van der Waals surface area contributed by atoms with Gasteiger partial charge in [0.25, 0.3) is 0 Å². The molecule has 0 aliphatic heterocycles. The fraction of sp³-hybridized carbons (Fsp3) is 0.600. The molecule has 3 nitrogen and oxygen atoms in total. The number of ether oxygens (including phenoxy) is 3. The summed E-state index contributed by atoms with van der Waals surface area (Å²) in [4.78, 5) is 0. The zero-order valence-corrected chi connectivity index (χ0v) is 11.6. The predicted octanol–water partition coefficient (Wildman–Crippen LogP) is 3.94. The summed E-state index contributed by atoms with van der Waals surface area (Å²) in [5, 5.41) is 0. The average Bonchev–Trinajstić information content (AvgIpc) is 2.43. The summed E-state index contributed by atoms with van der Waals surface area (Å²) >= 11 is 0. The Bertz CT molecular complexity index is 325. The van der Waals surface area contributed by atoms with Gasteiger partial charge < -0.3 is 14.2 Å². The normalized spacial score (nSPS) is 12.4. The van der Waals surface area contributed by atoms with Crippen molar-refractivity contribution < 1.29 is 14.2 Å². The van der Waals surface area contributed by atoms with Crippen LogP contribution < -0.4 is 4.74 Å². The molecule has 1 unspecified atom stereocenters. The minimum absolute atomic E-state index is 0.304. The van der Waals surface area contributed by atoms with Crippen LogP contribution in [0.4, 0.5) is 0 Å². The second kappa shape index (κ2) is 8.95. The summed E-state index contributed by atoms with van der Waals surface area (Å²) in [5.74, 6) is 0.823. The molecule has 0 aliphatic rings. The Balaban J connectivity index is 2.44. The summed E-state index contributed by atoms with van der Waals surface area (Å²) < 4.78 is 16.3. The molecule has 0 saturated heterocycles. The molecule has 0 aromatic heterocycles. The lowest BCUT2D eigenvalue weighted by Crippen LogP contribution is -2.08. The third-order valence-electron chi connectivity index (χ3n) is 2.85. The second-order valence-corrected chi connectivity index (χ2v) is 4.28. The average molecular weight is 252 g/mol. The molecule has 1 atom stereocenters. The second-order valence-electron chi connectivity index (χ2n) is 4.28. The third kappa shape index (κ3) is 5.07. The number of methoxy groups -OCH3 is 2. The van der Waals surface area contributed by atoms with Gasteiger partial charge in [0.1, 0.15) is 5.75 Å². The fourth-order valence-electron chi connectivity index (χ4n) is 1.81. The van der Waals surface area contributed by atoms with Crippen LogP contribution in [0.15, 0.2) is 24.3 Å². The molecule has 0 fully saturated rings. The molecule has 0 bridgehead atoms. The van der Waals surface area contributed by atoms with Crippen molar-refractivity contribution in [3.8, 4) is 5.75 Å². The molecular formula is C15H24O3. The Morgan fingerprint density at radius 2 is 1.94 bits per heavy atom. The van der Waals surface area contributed by atoms with Crippen LogP contribution >= 0.6 is 0 Å². The van der Waals surface area contributed by atoms with Crippen molar-refractivity contribution in [1.82, 2.24) is 0 Å². The first-order valence-corrected chi connectivity index (χ1v) is 6.60. The highest BCUT2D eigenvalue weighted by Gasteiger charge is 2.11. The van der Waals surface area contributed by atoms with Crippen LogP contribution in [-0.4, -0.2) is 20.8 Å².